The van der Waals surface area contributed by atoms with E-state index in [-0.39, 0.29) is 5.91 Å². The van der Waals surface area contributed by atoms with Crippen molar-refractivity contribution in [1.29, 1.82) is 0 Å². The lowest BCUT2D eigenvalue weighted by Crippen LogP contribution is -2.34. The van der Waals surface area contributed by atoms with Gasteiger partial charge in [-0.25, -0.2) is 0 Å². The van der Waals surface area contributed by atoms with Crippen molar-refractivity contribution in [3.05, 3.63) is 94.0 Å². The quantitative estimate of drug-likeness (QED) is 0.536. The van der Waals surface area contributed by atoms with Crippen LogP contribution >= 0.6 is 15.9 Å². The number of carbonyl (C=O) groups excluding carboxylic acids is 1. The lowest BCUT2D eigenvalue weighted by atomic mass is 10.0. The number of amides is 1. The topological polar surface area (TPSA) is 80.9 Å². The highest BCUT2D eigenvalue weighted by atomic mass is 79.9. The Kier molecular flexibility index (Phi) is 7.28. The average Bonchev–Trinajstić information content (AvgIpc) is 2.72. The third-order valence-electron chi connectivity index (χ3n) is 4.64. The van der Waals surface area contributed by atoms with Crippen LogP contribution in [0.4, 0.5) is 0 Å². The van der Waals surface area contributed by atoms with E-state index in [0.717, 1.165) is 29.3 Å². The molecule has 2 aromatic heterocycles. The summed E-state index contributed by atoms with van der Waals surface area (Å²) in [4.78, 5) is 20.3. The number of nitrogens with zero attached hydrogens (tertiary/aromatic N) is 2. The lowest BCUT2D eigenvalue weighted by molar-refractivity contribution is -0.120. The number of halogens is 1. The van der Waals surface area contributed by atoms with Gasteiger partial charge in [0.2, 0.25) is 5.91 Å². The van der Waals surface area contributed by atoms with Crippen LogP contribution in [-0.2, 0) is 24.1 Å². The van der Waals surface area contributed by atoms with Gasteiger partial charge in [0.15, 0.2) is 0 Å². The van der Waals surface area contributed by atoms with E-state index in [9.17, 15) is 4.79 Å². The van der Waals surface area contributed by atoms with Crippen LogP contribution in [0.1, 0.15) is 28.3 Å². The fraction of sp³-hybridized carbons (Fsp3) is 0.227. The molecule has 0 aliphatic heterocycles. The minimum Gasteiger partial charge on any atom is -0.368 e. The summed E-state index contributed by atoms with van der Waals surface area (Å²) in [6.07, 6.45) is 10.0. The molecule has 0 fully saturated rings. The predicted octanol–water partition coefficient (Wildman–Crippen LogP) is 3.38. The van der Waals surface area contributed by atoms with Crippen molar-refractivity contribution in [3.63, 3.8) is 0 Å². The molecule has 0 bridgehead atoms. The molecule has 0 spiro atoms. The molecule has 5 nitrogen and oxygen atoms in total. The molecule has 3 N–H and O–H groups in total. The van der Waals surface area contributed by atoms with Gasteiger partial charge in [-0.2, -0.15) is 0 Å². The van der Waals surface area contributed by atoms with Crippen LogP contribution in [0, 0.1) is 0 Å². The summed E-state index contributed by atoms with van der Waals surface area (Å²) < 4.78 is 0.967. The Morgan fingerprint density at radius 2 is 1.75 bits per heavy atom. The van der Waals surface area contributed by atoms with Gasteiger partial charge in [-0.15, -0.1) is 0 Å². The normalized spacial score (nSPS) is 11.9. The van der Waals surface area contributed by atoms with Gasteiger partial charge in [-0.1, -0.05) is 34.1 Å². The zero-order valence-electron chi connectivity index (χ0n) is 15.5. The van der Waals surface area contributed by atoms with E-state index in [1.54, 1.807) is 6.20 Å². The summed E-state index contributed by atoms with van der Waals surface area (Å²) in [5, 5.41) is 3.28. The fourth-order valence-electron chi connectivity index (χ4n) is 3.14. The number of pyridine rings is 2. The number of aromatic nitrogens is 2. The highest BCUT2D eigenvalue weighted by Crippen LogP contribution is 2.17. The van der Waals surface area contributed by atoms with Crippen molar-refractivity contribution in [2.24, 2.45) is 5.73 Å². The maximum absolute atomic E-state index is 11.9. The van der Waals surface area contributed by atoms with Gasteiger partial charge in [-0.3, -0.25) is 14.8 Å². The predicted molar refractivity (Wildman–Crippen MR) is 114 cm³/mol. The second kappa shape index (κ2) is 10.1. The first-order chi connectivity index (χ1) is 13.6. The highest BCUT2D eigenvalue weighted by Gasteiger charge is 2.17. The first-order valence-corrected chi connectivity index (χ1v) is 10.0. The van der Waals surface area contributed by atoms with Crippen molar-refractivity contribution >= 4 is 21.8 Å². The zero-order valence-corrected chi connectivity index (χ0v) is 17.1. The van der Waals surface area contributed by atoms with Crippen molar-refractivity contribution in [2.45, 2.75) is 25.3 Å². The van der Waals surface area contributed by atoms with Crippen LogP contribution in [0.2, 0.25) is 0 Å². The van der Waals surface area contributed by atoms with E-state index in [4.69, 9.17) is 5.73 Å². The molecule has 0 saturated heterocycles. The SMILES string of the molecule is NC(=O)C(NCCc1ccncc1CCc1cccnc1)c1ccc(Br)cc1. The smallest absolute Gasteiger partial charge is 0.239 e. The zero-order chi connectivity index (χ0) is 19.8. The summed E-state index contributed by atoms with van der Waals surface area (Å²) in [6.45, 7) is 0.646. The Morgan fingerprint density at radius 1 is 0.964 bits per heavy atom. The van der Waals surface area contributed by atoms with Gasteiger partial charge in [0, 0.05) is 35.8 Å². The molecule has 0 radical (unpaired) electrons. The minimum absolute atomic E-state index is 0.381. The van der Waals surface area contributed by atoms with Crippen molar-refractivity contribution < 1.29 is 4.79 Å². The molecule has 1 unspecified atom stereocenters. The molecular formula is C22H23BrN4O. The van der Waals surface area contributed by atoms with Gasteiger partial charge in [0.25, 0.3) is 0 Å². The molecule has 0 aliphatic rings. The van der Waals surface area contributed by atoms with Crippen LogP contribution < -0.4 is 11.1 Å². The molecule has 3 rings (SSSR count). The van der Waals surface area contributed by atoms with E-state index in [0.29, 0.717) is 6.54 Å². The number of carbonyl (C=O) groups is 1. The minimum atomic E-state index is -0.506. The summed E-state index contributed by atoms with van der Waals surface area (Å²) in [5.41, 5.74) is 10.1. The van der Waals surface area contributed by atoms with E-state index < -0.39 is 6.04 Å². The Morgan fingerprint density at radius 3 is 2.46 bits per heavy atom. The Balaban J connectivity index is 1.60. The van der Waals surface area contributed by atoms with Crippen molar-refractivity contribution in [1.82, 2.24) is 15.3 Å². The number of hydrogen-bond acceptors (Lipinski definition) is 4. The van der Waals surface area contributed by atoms with Gasteiger partial charge in [0.1, 0.15) is 6.04 Å². The van der Waals surface area contributed by atoms with E-state index in [1.807, 2.05) is 55.0 Å². The van der Waals surface area contributed by atoms with Gasteiger partial charge >= 0.3 is 0 Å². The molecule has 144 valence electrons. The molecule has 0 saturated carbocycles. The molecule has 3 aromatic rings. The largest absolute Gasteiger partial charge is 0.368 e. The van der Waals surface area contributed by atoms with E-state index in [1.165, 1.54) is 16.7 Å². The summed E-state index contributed by atoms with van der Waals surface area (Å²) in [6, 6.07) is 13.2. The number of nitrogens with two attached hydrogens (primary N) is 1. The third kappa shape index (κ3) is 5.71. The van der Waals surface area contributed by atoms with Crippen LogP contribution in [0.25, 0.3) is 0 Å². The molecule has 6 heteroatoms. The number of hydrogen-bond donors (Lipinski definition) is 2. The molecule has 0 aliphatic carbocycles. The lowest BCUT2D eigenvalue weighted by Gasteiger charge is -2.17. The Bertz CT molecular complexity index is 900. The van der Waals surface area contributed by atoms with Gasteiger partial charge < -0.3 is 11.1 Å². The number of primary amides is 1. The van der Waals surface area contributed by atoms with Gasteiger partial charge in [0.05, 0.1) is 0 Å². The van der Waals surface area contributed by atoms with Crippen molar-refractivity contribution in [2.75, 3.05) is 6.54 Å². The Labute approximate surface area is 173 Å². The van der Waals surface area contributed by atoms with Crippen LogP contribution in [0.5, 0.6) is 0 Å². The highest BCUT2D eigenvalue weighted by molar-refractivity contribution is 9.10. The second-order valence-corrected chi connectivity index (χ2v) is 7.51. The van der Waals surface area contributed by atoms with Crippen molar-refractivity contribution in [3.8, 4) is 0 Å². The number of nitrogens with one attached hydrogen (secondary N) is 1. The second-order valence-electron chi connectivity index (χ2n) is 6.60. The van der Waals surface area contributed by atoms with E-state index in [2.05, 4.69) is 37.3 Å². The Hall–Kier alpha value is -2.57. The van der Waals surface area contributed by atoms with Gasteiger partial charge in [-0.05, 0) is 65.8 Å². The summed E-state index contributed by atoms with van der Waals surface area (Å²) >= 11 is 3.41. The number of aryl methyl sites for hydroxylation is 2. The average molecular weight is 439 g/mol. The third-order valence-corrected chi connectivity index (χ3v) is 5.17. The van der Waals surface area contributed by atoms with Crippen LogP contribution in [0.15, 0.2) is 71.7 Å². The standard InChI is InChI=1S/C22H23BrN4O/c23-20-7-5-18(6-8-20)21(22(24)28)27-13-10-17-9-12-26-15-19(17)4-3-16-2-1-11-25-14-16/h1-2,5-9,11-12,14-15,21,27H,3-4,10,13H2,(H2,24,28). The molecule has 1 atom stereocenters. The first kappa shape index (κ1) is 20.2. The van der Waals surface area contributed by atoms with E-state index >= 15 is 0 Å². The number of rotatable bonds is 9. The first-order valence-electron chi connectivity index (χ1n) is 9.22. The maximum atomic E-state index is 11.9. The van der Waals surface area contributed by atoms with Crippen LogP contribution in [0.3, 0.4) is 0 Å². The monoisotopic (exact) mass is 438 g/mol. The number of benzene rings is 1. The molecule has 1 aromatic carbocycles. The summed E-state index contributed by atoms with van der Waals surface area (Å²) in [7, 11) is 0. The maximum Gasteiger partial charge on any atom is 0.239 e. The fourth-order valence-corrected chi connectivity index (χ4v) is 3.40. The molecule has 28 heavy (non-hydrogen) atoms. The molecular weight excluding hydrogens is 416 g/mol. The molecule has 1 amide bonds. The summed E-state index contributed by atoms with van der Waals surface area (Å²) in [5.74, 6) is -0.381. The molecule has 2 heterocycles. The van der Waals surface area contributed by atoms with Crippen LogP contribution in [-0.4, -0.2) is 22.4 Å².